The van der Waals surface area contributed by atoms with Crippen molar-refractivity contribution in [3.05, 3.63) is 53.6 Å². The Morgan fingerprint density at radius 3 is 2.21 bits per heavy atom. The van der Waals surface area contributed by atoms with E-state index in [0.29, 0.717) is 29.9 Å². The smallest absolute Gasteiger partial charge is 0.416 e. The third kappa shape index (κ3) is 7.16. The molecule has 9 nitrogen and oxygen atoms in total. The number of piperidine rings is 1. The molecule has 2 aromatic carbocycles. The van der Waals surface area contributed by atoms with E-state index < -0.39 is 39.6 Å². The van der Waals surface area contributed by atoms with Crippen molar-refractivity contribution >= 4 is 21.8 Å². The second-order valence-corrected chi connectivity index (χ2v) is 10.8. The number of amides is 2. The third-order valence-corrected chi connectivity index (χ3v) is 8.14. The van der Waals surface area contributed by atoms with E-state index in [2.05, 4.69) is 10.6 Å². The van der Waals surface area contributed by atoms with E-state index in [0.717, 1.165) is 24.3 Å². The molecule has 2 N–H and O–H groups in total. The summed E-state index contributed by atoms with van der Waals surface area (Å²) in [5.74, 6) is 0.249. The molecule has 1 aliphatic heterocycles. The number of carbonyl (C=O) groups is 2. The van der Waals surface area contributed by atoms with Crippen molar-refractivity contribution in [2.45, 2.75) is 49.3 Å². The SMILES string of the molecule is COc1ccc(OC)c(C[C@H](NC(C)=O)C(=O)NC2CCN(S(=O)(=O)c3ccc(C(F)(F)F)cc3)CC2)c1. The van der Waals surface area contributed by atoms with E-state index in [1.165, 1.54) is 25.4 Å². The van der Waals surface area contributed by atoms with Gasteiger partial charge in [-0.25, -0.2) is 8.42 Å². The van der Waals surface area contributed by atoms with Crippen molar-refractivity contribution in [2.24, 2.45) is 0 Å². The molecule has 0 bridgehead atoms. The molecule has 1 fully saturated rings. The first-order chi connectivity index (χ1) is 17.8. The van der Waals surface area contributed by atoms with Crippen LogP contribution in [-0.4, -0.2) is 63.9 Å². The lowest BCUT2D eigenvalue weighted by molar-refractivity contribution is -0.137. The Morgan fingerprint density at radius 1 is 1.05 bits per heavy atom. The highest BCUT2D eigenvalue weighted by Crippen LogP contribution is 2.31. The molecule has 0 saturated carbocycles. The quantitative estimate of drug-likeness (QED) is 0.490. The first-order valence-electron chi connectivity index (χ1n) is 11.8. The fourth-order valence-corrected chi connectivity index (χ4v) is 5.69. The monoisotopic (exact) mass is 557 g/mol. The van der Waals surface area contributed by atoms with Gasteiger partial charge in [-0.1, -0.05) is 0 Å². The molecule has 0 aliphatic carbocycles. The van der Waals surface area contributed by atoms with Crippen LogP contribution >= 0.6 is 0 Å². The summed E-state index contributed by atoms with van der Waals surface area (Å²) in [7, 11) is -0.994. The molecule has 0 unspecified atom stereocenters. The summed E-state index contributed by atoms with van der Waals surface area (Å²) >= 11 is 0. The van der Waals surface area contributed by atoms with Gasteiger partial charge >= 0.3 is 6.18 Å². The lowest BCUT2D eigenvalue weighted by atomic mass is 10.0. The van der Waals surface area contributed by atoms with E-state index in [9.17, 15) is 31.2 Å². The van der Waals surface area contributed by atoms with E-state index in [-0.39, 0.29) is 30.4 Å². The second kappa shape index (κ2) is 12.0. The molecule has 13 heteroatoms. The molecule has 0 aromatic heterocycles. The maximum Gasteiger partial charge on any atom is 0.416 e. The van der Waals surface area contributed by atoms with Crippen LogP contribution in [0.1, 0.15) is 30.9 Å². The van der Waals surface area contributed by atoms with Crippen LogP contribution in [0.2, 0.25) is 0 Å². The minimum Gasteiger partial charge on any atom is -0.497 e. The maximum absolute atomic E-state index is 13.1. The molecule has 2 amide bonds. The number of methoxy groups -OCH3 is 2. The van der Waals surface area contributed by atoms with Crippen molar-refractivity contribution < 1.29 is 40.7 Å². The van der Waals surface area contributed by atoms with E-state index >= 15 is 0 Å². The highest BCUT2D eigenvalue weighted by atomic mass is 32.2. The zero-order valence-corrected chi connectivity index (χ0v) is 22.0. The molecular weight excluding hydrogens is 527 g/mol. The van der Waals surface area contributed by atoms with Crippen LogP contribution in [0.25, 0.3) is 0 Å². The van der Waals surface area contributed by atoms with Crippen LogP contribution in [0.3, 0.4) is 0 Å². The Morgan fingerprint density at radius 2 is 1.68 bits per heavy atom. The van der Waals surface area contributed by atoms with Gasteiger partial charge in [0.1, 0.15) is 17.5 Å². The molecule has 1 saturated heterocycles. The summed E-state index contributed by atoms with van der Waals surface area (Å²) in [6, 6.07) is 7.21. The van der Waals surface area contributed by atoms with Crippen molar-refractivity contribution in [1.82, 2.24) is 14.9 Å². The fourth-order valence-electron chi connectivity index (χ4n) is 4.22. The van der Waals surface area contributed by atoms with Gasteiger partial charge in [-0.05, 0) is 55.3 Å². The lowest BCUT2D eigenvalue weighted by Gasteiger charge is -2.32. The van der Waals surface area contributed by atoms with Gasteiger partial charge in [0.15, 0.2) is 0 Å². The number of rotatable bonds is 9. The molecule has 208 valence electrons. The standard InChI is InChI=1S/C25H30F3N3O6S/c1-16(32)29-22(15-17-14-20(36-2)6-9-23(17)37-3)24(33)30-19-10-12-31(13-11-19)38(34,35)21-7-4-18(5-8-21)25(26,27)28/h4-9,14,19,22H,10-13,15H2,1-3H3,(H,29,32)(H,30,33)/t22-/m0/s1. The number of benzene rings is 2. The van der Waals surface area contributed by atoms with Gasteiger partial charge in [-0.2, -0.15) is 17.5 Å². The fraction of sp³-hybridized carbons (Fsp3) is 0.440. The molecule has 0 radical (unpaired) electrons. The van der Waals surface area contributed by atoms with Gasteiger partial charge in [0, 0.05) is 38.0 Å². The maximum atomic E-state index is 13.1. The van der Waals surface area contributed by atoms with Crippen molar-refractivity contribution in [3.63, 3.8) is 0 Å². The number of hydrogen-bond donors (Lipinski definition) is 2. The summed E-state index contributed by atoms with van der Waals surface area (Å²) in [6.07, 6.45) is -3.85. The topological polar surface area (TPSA) is 114 Å². The summed E-state index contributed by atoms with van der Waals surface area (Å²) in [4.78, 5) is 24.7. The van der Waals surface area contributed by atoms with Gasteiger partial charge < -0.3 is 20.1 Å². The average Bonchev–Trinajstić information content (AvgIpc) is 2.87. The Hall–Kier alpha value is -3.32. The molecule has 2 aromatic rings. The Bertz CT molecular complexity index is 1240. The minimum absolute atomic E-state index is 0.0722. The number of sulfonamides is 1. The van der Waals surface area contributed by atoms with Crippen LogP contribution in [0.5, 0.6) is 11.5 Å². The van der Waals surface area contributed by atoms with Crippen molar-refractivity contribution in [2.75, 3.05) is 27.3 Å². The number of carbonyl (C=O) groups excluding carboxylic acids is 2. The molecule has 38 heavy (non-hydrogen) atoms. The van der Waals surface area contributed by atoms with Crippen molar-refractivity contribution in [1.29, 1.82) is 0 Å². The highest BCUT2D eigenvalue weighted by Gasteiger charge is 2.34. The van der Waals surface area contributed by atoms with Crippen LogP contribution < -0.4 is 20.1 Å². The predicted molar refractivity (Wildman–Crippen MR) is 132 cm³/mol. The zero-order chi connectivity index (χ0) is 28.1. The lowest BCUT2D eigenvalue weighted by Crippen LogP contribution is -2.53. The molecule has 1 aliphatic rings. The number of nitrogens with zero attached hydrogens (tertiary/aromatic N) is 1. The first-order valence-corrected chi connectivity index (χ1v) is 13.2. The Balaban J connectivity index is 1.65. The van der Waals surface area contributed by atoms with Gasteiger partial charge in [0.05, 0.1) is 24.7 Å². The molecule has 3 rings (SSSR count). The second-order valence-electron chi connectivity index (χ2n) is 8.84. The van der Waals surface area contributed by atoms with Gasteiger partial charge in [0.2, 0.25) is 21.8 Å². The summed E-state index contributed by atoms with van der Waals surface area (Å²) in [5.41, 5.74) is -0.281. The average molecular weight is 558 g/mol. The molecule has 1 heterocycles. The van der Waals surface area contributed by atoms with Gasteiger partial charge in [-0.15, -0.1) is 0 Å². The summed E-state index contributed by atoms with van der Waals surface area (Å²) in [6.45, 7) is 1.44. The number of nitrogens with one attached hydrogen (secondary N) is 2. The van der Waals surface area contributed by atoms with Crippen LogP contribution in [-0.2, 0) is 32.2 Å². The number of ether oxygens (including phenoxy) is 2. The van der Waals surface area contributed by atoms with Gasteiger partial charge in [-0.3, -0.25) is 9.59 Å². The first kappa shape index (κ1) is 29.2. The molecular formula is C25H30F3N3O6S. The Kier molecular flexibility index (Phi) is 9.26. The Labute approximate surface area is 219 Å². The van der Waals surface area contributed by atoms with Gasteiger partial charge in [0.25, 0.3) is 0 Å². The van der Waals surface area contributed by atoms with Crippen LogP contribution in [0.4, 0.5) is 13.2 Å². The van der Waals surface area contributed by atoms with E-state index in [1.54, 1.807) is 18.2 Å². The number of alkyl halides is 3. The third-order valence-electron chi connectivity index (χ3n) is 6.23. The summed E-state index contributed by atoms with van der Waals surface area (Å²) < 4.78 is 76.0. The largest absolute Gasteiger partial charge is 0.497 e. The normalized spacial score (nSPS) is 15.9. The predicted octanol–water partition coefficient (Wildman–Crippen LogP) is 2.74. The van der Waals surface area contributed by atoms with E-state index in [4.69, 9.17) is 9.47 Å². The number of halogens is 3. The van der Waals surface area contributed by atoms with Crippen LogP contribution in [0.15, 0.2) is 47.4 Å². The molecule has 0 spiro atoms. The highest BCUT2D eigenvalue weighted by molar-refractivity contribution is 7.89. The zero-order valence-electron chi connectivity index (χ0n) is 21.2. The number of hydrogen-bond acceptors (Lipinski definition) is 6. The van der Waals surface area contributed by atoms with Crippen molar-refractivity contribution in [3.8, 4) is 11.5 Å². The summed E-state index contributed by atoms with van der Waals surface area (Å²) in [5, 5.41) is 5.52. The van der Waals surface area contributed by atoms with Crippen LogP contribution in [0, 0.1) is 0 Å². The van der Waals surface area contributed by atoms with E-state index in [1.807, 2.05) is 0 Å². The molecule has 1 atom stereocenters. The minimum atomic E-state index is -4.56.